The number of carbonyl (C=O) groups excluding carboxylic acids is 2. The van der Waals surface area contributed by atoms with Crippen molar-refractivity contribution in [1.29, 1.82) is 0 Å². The van der Waals surface area contributed by atoms with Gasteiger partial charge in [0.15, 0.2) is 0 Å². The summed E-state index contributed by atoms with van der Waals surface area (Å²) >= 11 is 13.7. The van der Waals surface area contributed by atoms with E-state index in [0.29, 0.717) is 33.4 Å². The molecule has 4 aromatic rings. The molecular weight excluding hydrogens is 487 g/mol. The molecule has 0 bridgehead atoms. The Balaban J connectivity index is 1.44. The normalized spacial score (nSPS) is 11.7. The maximum Gasteiger partial charge on any atom is 0.255 e. The van der Waals surface area contributed by atoms with E-state index >= 15 is 0 Å². The number of thioether (sulfide) groups is 1. The second-order valence-electron chi connectivity index (χ2n) is 7.65. The van der Waals surface area contributed by atoms with Gasteiger partial charge in [0, 0.05) is 16.1 Å². The first-order chi connectivity index (χ1) is 16.4. The number of rotatable bonds is 7. The number of benzene rings is 4. The van der Waals surface area contributed by atoms with E-state index in [4.69, 9.17) is 23.2 Å². The zero-order valence-corrected chi connectivity index (χ0v) is 20.7. The second-order valence-corrected chi connectivity index (χ2v) is 9.71. The monoisotopic (exact) mass is 508 g/mol. The van der Waals surface area contributed by atoms with E-state index in [9.17, 15) is 9.59 Å². The number of anilines is 2. The summed E-state index contributed by atoms with van der Waals surface area (Å²) in [5.41, 5.74) is 1.73. The van der Waals surface area contributed by atoms with Gasteiger partial charge in [-0.2, -0.15) is 0 Å². The minimum Gasteiger partial charge on any atom is -0.324 e. The highest BCUT2D eigenvalue weighted by atomic mass is 35.5. The summed E-state index contributed by atoms with van der Waals surface area (Å²) in [6.45, 7) is 1.95. The van der Waals surface area contributed by atoms with Gasteiger partial charge in [-0.25, -0.2) is 0 Å². The molecule has 0 saturated carbocycles. The lowest BCUT2D eigenvalue weighted by atomic mass is 10.1. The van der Waals surface area contributed by atoms with E-state index in [1.807, 2.05) is 73.7 Å². The predicted molar refractivity (Wildman–Crippen MR) is 143 cm³/mol. The molecule has 0 heterocycles. The van der Waals surface area contributed by atoms with Crippen LogP contribution in [-0.4, -0.2) is 17.1 Å². The molecule has 0 aliphatic heterocycles. The average molecular weight is 509 g/mol. The molecule has 1 unspecified atom stereocenters. The van der Waals surface area contributed by atoms with Crippen molar-refractivity contribution in [2.24, 2.45) is 0 Å². The van der Waals surface area contributed by atoms with Gasteiger partial charge in [-0.3, -0.25) is 9.59 Å². The molecule has 0 saturated heterocycles. The Labute approximate surface area is 212 Å². The van der Waals surface area contributed by atoms with E-state index < -0.39 is 0 Å². The van der Waals surface area contributed by atoms with Crippen molar-refractivity contribution in [3.8, 4) is 0 Å². The van der Waals surface area contributed by atoms with Crippen LogP contribution in [-0.2, 0) is 4.79 Å². The molecule has 0 spiro atoms. The Kier molecular flexibility index (Phi) is 7.78. The zero-order chi connectivity index (χ0) is 24.1. The number of halogens is 2. The minimum absolute atomic E-state index is 0.165. The van der Waals surface area contributed by atoms with Gasteiger partial charge in [0.2, 0.25) is 5.91 Å². The smallest absolute Gasteiger partial charge is 0.255 e. The van der Waals surface area contributed by atoms with Gasteiger partial charge < -0.3 is 10.6 Å². The lowest BCUT2D eigenvalue weighted by Crippen LogP contribution is -2.24. The molecule has 34 heavy (non-hydrogen) atoms. The summed E-state index contributed by atoms with van der Waals surface area (Å²) < 4.78 is 0. The van der Waals surface area contributed by atoms with Gasteiger partial charge in [0.05, 0.1) is 21.0 Å². The van der Waals surface area contributed by atoms with Crippen molar-refractivity contribution >= 4 is 68.9 Å². The number of fused-ring (bicyclic) bond motifs is 1. The van der Waals surface area contributed by atoms with Crippen LogP contribution in [0.5, 0.6) is 0 Å². The van der Waals surface area contributed by atoms with E-state index in [1.165, 1.54) is 11.8 Å². The van der Waals surface area contributed by atoms with Gasteiger partial charge in [-0.1, -0.05) is 72.6 Å². The highest BCUT2D eigenvalue weighted by Crippen LogP contribution is 2.32. The molecule has 4 nitrogen and oxygen atoms in total. The molecule has 2 amide bonds. The SMILES string of the molecule is CCC(Sc1cccc(NC(=O)c2ccc3ccccc3c2)c1)C(=O)Nc1cccc(Cl)c1Cl. The summed E-state index contributed by atoms with van der Waals surface area (Å²) in [6.07, 6.45) is 0.613. The van der Waals surface area contributed by atoms with Crippen molar-refractivity contribution in [2.45, 2.75) is 23.5 Å². The van der Waals surface area contributed by atoms with Gasteiger partial charge in [0.25, 0.3) is 5.91 Å². The fourth-order valence-electron chi connectivity index (χ4n) is 3.48. The van der Waals surface area contributed by atoms with Crippen LogP contribution in [0.3, 0.4) is 0 Å². The topological polar surface area (TPSA) is 58.2 Å². The van der Waals surface area contributed by atoms with Crippen LogP contribution in [0.25, 0.3) is 10.8 Å². The number of carbonyl (C=O) groups is 2. The van der Waals surface area contributed by atoms with Gasteiger partial charge in [-0.15, -0.1) is 11.8 Å². The van der Waals surface area contributed by atoms with Crippen LogP contribution >= 0.6 is 35.0 Å². The molecule has 0 aliphatic carbocycles. The molecule has 4 rings (SSSR count). The molecule has 4 aromatic carbocycles. The van der Waals surface area contributed by atoms with Crippen LogP contribution < -0.4 is 10.6 Å². The number of hydrogen-bond donors (Lipinski definition) is 2. The third-order valence-electron chi connectivity index (χ3n) is 5.25. The van der Waals surface area contributed by atoms with Crippen molar-refractivity contribution in [3.05, 3.63) is 101 Å². The first-order valence-electron chi connectivity index (χ1n) is 10.8. The van der Waals surface area contributed by atoms with Crippen LogP contribution in [0.1, 0.15) is 23.7 Å². The molecule has 2 N–H and O–H groups in total. The van der Waals surface area contributed by atoms with Crippen LogP contribution in [0.4, 0.5) is 11.4 Å². The summed E-state index contributed by atoms with van der Waals surface area (Å²) in [4.78, 5) is 26.5. The van der Waals surface area contributed by atoms with Crippen molar-refractivity contribution in [2.75, 3.05) is 10.6 Å². The first-order valence-corrected chi connectivity index (χ1v) is 12.4. The van der Waals surface area contributed by atoms with E-state index in [0.717, 1.165) is 15.7 Å². The quantitative estimate of drug-likeness (QED) is 0.249. The molecule has 1 atom stereocenters. The van der Waals surface area contributed by atoms with Crippen molar-refractivity contribution in [1.82, 2.24) is 0 Å². The third-order valence-corrected chi connectivity index (χ3v) is 7.43. The average Bonchev–Trinajstić information content (AvgIpc) is 2.85. The van der Waals surface area contributed by atoms with Gasteiger partial charge >= 0.3 is 0 Å². The van der Waals surface area contributed by atoms with E-state index in [-0.39, 0.29) is 17.1 Å². The van der Waals surface area contributed by atoms with Crippen molar-refractivity contribution in [3.63, 3.8) is 0 Å². The molecule has 0 aliphatic rings. The Morgan fingerprint density at radius 3 is 2.41 bits per heavy atom. The van der Waals surface area contributed by atoms with Crippen LogP contribution in [0, 0.1) is 0 Å². The predicted octanol–water partition coefficient (Wildman–Crippen LogP) is 7.91. The fourth-order valence-corrected chi connectivity index (χ4v) is 4.84. The van der Waals surface area contributed by atoms with Gasteiger partial charge in [0.1, 0.15) is 0 Å². The van der Waals surface area contributed by atoms with Gasteiger partial charge in [-0.05, 0) is 59.7 Å². The number of nitrogens with one attached hydrogen (secondary N) is 2. The maximum atomic E-state index is 12.9. The molecule has 7 heteroatoms. The Morgan fingerprint density at radius 2 is 1.62 bits per heavy atom. The summed E-state index contributed by atoms with van der Waals surface area (Å²) in [5.74, 6) is -0.351. The Hall–Kier alpha value is -2.99. The maximum absolute atomic E-state index is 12.9. The summed E-state index contributed by atoms with van der Waals surface area (Å²) in [5, 5.41) is 8.26. The van der Waals surface area contributed by atoms with Crippen molar-refractivity contribution < 1.29 is 9.59 Å². The fraction of sp³-hybridized carbons (Fsp3) is 0.111. The molecule has 0 fully saturated rings. The first kappa shape index (κ1) is 24.1. The molecular formula is C27H22Cl2N2O2S. The lowest BCUT2D eigenvalue weighted by molar-refractivity contribution is -0.115. The number of hydrogen-bond acceptors (Lipinski definition) is 3. The standard InChI is InChI=1S/C27H22Cl2N2O2S/c1-2-24(27(33)31-23-12-6-11-22(28)25(23)29)34-21-10-5-9-20(16-21)30-26(32)19-14-13-17-7-3-4-8-18(17)15-19/h3-16,24H,2H2,1H3,(H,30,32)(H,31,33). The highest BCUT2D eigenvalue weighted by Gasteiger charge is 2.20. The van der Waals surface area contributed by atoms with E-state index in [1.54, 1.807) is 18.2 Å². The zero-order valence-electron chi connectivity index (χ0n) is 18.3. The second kappa shape index (κ2) is 11.0. The Bertz CT molecular complexity index is 1360. The molecule has 0 radical (unpaired) electrons. The summed E-state index contributed by atoms with van der Waals surface area (Å²) in [7, 11) is 0. The molecule has 172 valence electrons. The summed E-state index contributed by atoms with van der Waals surface area (Å²) in [6, 6.07) is 26.1. The van der Waals surface area contributed by atoms with Crippen LogP contribution in [0.15, 0.2) is 89.8 Å². The lowest BCUT2D eigenvalue weighted by Gasteiger charge is -2.16. The van der Waals surface area contributed by atoms with Crippen LogP contribution in [0.2, 0.25) is 10.0 Å². The van der Waals surface area contributed by atoms with E-state index in [2.05, 4.69) is 10.6 Å². The molecule has 0 aromatic heterocycles. The highest BCUT2D eigenvalue weighted by molar-refractivity contribution is 8.00. The number of amides is 2. The largest absolute Gasteiger partial charge is 0.324 e. The Morgan fingerprint density at radius 1 is 0.853 bits per heavy atom. The third kappa shape index (κ3) is 5.73. The minimum atomic E-state index is -0.346.